The molecule has 2 aromatic rings. The first kappa shape index (κ1) is 28.7. The Morgan fingerprint density at radius 3 is 2.50 bits per heavy atom. The van der Waals surface area contributed by atoms with Crippen molar-refractivity contribution in [2.24, 2.45) is 0 Å². The van der Waals surface area contributed by atoms with E-state index in [0.717, 1.165) is 11.8 Å². The van der Waals surface area contributed by atoms with Crippen LogP contribution in [-0.4, -0.2) is 76.7 Å². The zero-order valence-electron chi connectivity index (χ0n) is 20.5. The Bertz CT molecular complexity index is 1400. The molecule has 2 amide bonds. The number of rotatable bonds is 10. The van der Waals surface area contributed by atoms with Gasteiger partial charge in [-0.25, -0.2) is 21.6 Å². The molecule has 0 aliphatic carbocycles. The van der Waals surface area contributed by atoms with Crippen molar-refractivity contribution in [1.29, 1.82) is 0 Å². The first-order valence-electron chi connectivity index (χ1n) is 12.1. The van der Waals surface area contributed by atoms with Gasteiger partial charge in [0.1, 0.15) is 6.04 Å². The molecule has 0 saturated carbocycles. The number of benzene rings is 1. The third-order valence-corrected chi connectivity index (χ3v) is 10.2. The molecular formula is C24H29ClN4O6S3. The fourth-order valence-electron chi connectivity index (χ4n) is 4.54. The van der Waals surface area contributed by atoms with Crippen LogP contribution in [0.2, 0.25) is 4.34 Å². The molecule has 4 rings (SSSR count). The van der Waals surface area contributed by atoms with Gasteiger partial charge in [0.2, 0.25) is 31.9 Å². The van der Waals surface area contributed by atoms with Crippen LogP contribution in [0.5, 0.6) is 0 Å². The number of amides is 2. The van der Waals surface area contributed by atoms with Gasteiger partial charge in [-0.05, 0) is 56.0 Å². The van der Waals surface area contributed by atoms with E-state index in [9.17, 15) is 26.4 Å². The summed E-state index contributed by atoms with van der Waals surface area (Å²) in [6, 6.07) is 10.1. The quantitative estimate of drug-likeness (QED) is 0.430. The predicted molar refractivity (Wildman–Crippen MR) is 146 cm³/mol. The molecule has 2 atom stereocenters. The van der Waals surface area contributed by atoms with Crippen molar-refractivity contribution in [3.05, 3.63) is 57.1 Å². The van der Waals surface area contributed by atoms with E-state index in [4.69, 9.17) is 11.6 Å². The molecule has 38 heavy (non-hydrogen) atoms. The van der Waals surface area contributed by atoms with Gasteiger partial charge in [0.05, 0.1) is 15.8 Å². The van der Waals surface area contributed by atoms with Crippen LogP contribution in [0.3, 0.4) is 0 Å². The second-order valence-corrected chi connectivity index (χ2v) is 14.2. The standard InChI is InChI=1S/C24H29ClN4O6S3/c25-22-11-10-19(36-22)12-15-37(32,33)27-21-9-5-13-28(24(21)31)17-23(30)29-14-4-6-18(29)16-26-38(34,35)20-7-2-1-3-8-20/h1-3,7-8,10-12,15,18,21,26-27H,4-6,9,13-14,16-17H2/t18-,21-/m0/s1. The highest BCUT2D eigenvalue weighted by Crippen LogP contribution is 2.23. The average molecular weight is 601 g/mol. The molecule has 10 nitrogen and oxygen atoms in total. The predicted octanol–water partition coefficient (Wildman–Crippen LogP) is 2.25. The summed E-state index contributed by atoms with van der Waals surface area (Å²) in [5, 5.41) is 0.998. The SMILES string of the molecule is O=C1[C@@H](NS(=O)(=O)C=Cc2ccc(Cl)s2)CCCN1CC(=O)N1CCC[C@H]1CNS(=O)(=O)c1ccccc1. The fraction of sp³-hybridized carbons (Fsp3) is 0.417. The number of carbonyl (C=O) groups excluding carboxylic acids is 2. The zero-order valence-corrected chi connectivity index (χ0v) is 23.7. The fourth-order valence-corrected chi connectivity index (χ4v) is 7.70. The maximum Gasteiger partial charge on any atom is 0.242 e. The lowest BCUT2D eigenvalue weighted by atomic mass is 10.1. The van der Waals surface area contributed by atoms with Crippen LogP contribution >= 0.6 is 22.9 Å². The number of hydrogen-bond acceptors (Lipinski definition) is 7. The van der Waals surface area contributed by atoms with Crippen LogP contribution in [0.15, 0.2) is 52.8 Å². The van der Waals surface area contributed by atoms with Gasteiger partial charge in [-0.3, -0.25) is 9.59 Å². The molecule has 2 fully saturated rings. The monoisotopic (exact) mass is 600 g/mol. The van der Waals surface area contributed by atoms with Crippen molar-refractivity contribution < 1.29 is 26.4 Å². The Balaban J connectivity index is 1.33. The maximum absolute atomic E-state index is 13.1. The largest absolute Gasteiger partial charge is 0.337 e. The highest BCUT2D eigenvalue weighted by molar-refractivity contribution is 7.92. The molecule has 0 bridgehead atoms. The molecule has 0 spiro atoms. The summed E-state index contributed by atoms with van der Waals surface area (Å²) in [4.78, 5) is 29.9. The van der Waals surface area contributed by atoms with Gasteiger partial charge >= 0.3 is 0 Å². The summed E-state index contributed by atoms with van der Waals surface area (Å²) in [6.07, 6.45) is 3.64. The Morgan fingerprint density at radius 2 is 1.79 bits per heavy atom. The Labute approximate surface area is 231 Å². The molecule has 14 heteroatoms. The molecule has 1 aromatic carbocycles. The summed E-state index contributed by atoms with van der Waals surface area (Å²) in [5.41, 5.74) is 0. The smallest absolute Gasteiger partial charge is 0.242 e. The average Bonchev–Trinajstić information content (AvgIpc) is 3.53. The van der Waals surface area contributed by atoms with Crippen molar-refractivity contribution >= 4 is 60.9 Å². The molecule has 3 heterocycles. The Hall–Kier alpha value is -2.29. The minimum atomic E-state index is -3.90. The van der Waals surface area contributed by atoms with Crippen LogP contribution < -0.4 is 9.44 Å². The van der Waals surface area contributed by atoms with Crippen molar-refractivity contribution in [1.82, 2.24) is 19.2 Å². The van der Waals surface area contributed by atoms with Gasteiger partial charge in [-0.1, -0.05) is 29.8 Å². The van der Waals surface area contributed by atoms with E-state index in [1.165, 1.54) is 34.4 Å². The number of thiophene rings is 1. The molecular weight excluding hydrogens is 572 g/mol. The van der Waals surface area contributed by atoms with E-state index >= 15 is 0 Å². The lowest BCUT2D eigenvalue weighted by molar-refractivity contribution is -0.143. The van der Waals surface area contributed by atoms with E-state index in [2.05, 4.69) is 9.44 Å². The normalized spacial score (nSPS) is 20.9. The molecule has 2 aliphatic heterocycles. The highest BCUT2D eigenvalue weighted by Gasteiger charge is 2.35. The van der Waals surface area contributed by atoms with Crippen molar-refractivity contribution in [3.8, 4) is 0 Å². The zero-order chi connectivity index (χ0) is 27.3. The first-order chi connectivity index (χ1) is 18.0. The van der Waals surface area contributed by atoms with Gasteiger partial charge in [0, 0.05) is 36.0 Å². The number of likely N-dealkylation sites (tertiary alicyclic amines) is 2. The molecule has 0 unspecified atom stereocenters. The highest BCUT2D eigenvalue weighted by atomic mass is 35.5. The number of nitrogens with one attached hydrogen (secondary N) is 2. The van der Waals surface area contributed by atoms with Gasteiger partial charge in [0.15, 0.2) is 0 Å². The molecule has 2 N–H and O–H groups in total. The minimum Gasteiger partial charge on any atom is -0.337 e. The van der Waals surface area contributed by atoms with E-state index < -0.39 is 32.0 Å². The van der Waals surface area contributed by atoms with E-state index in [0.29, 0.717) is 41.6 Å². The number of piperidine rings is 1. The van der Waals surface area contributed by atoms with E-state index in [1.807, 2.05) is 0 Å². The molecule has 206 valence electrons. The number of nitrogens with zero attached hydrogens (tertiary/aromatic N) is 2. The number of halogens is 1. The van der Waals surface area contributed by atoms with Crippen molar-refractivity contribution in [2.75, 3.05) is 26.2 Å². The second kappa shape index (κ2) is 12.3. The molecule has 2 saturated heterocycles. The Morgan fingerprint density at radius 1 is 1.05 bits per heavy atom. The van der Waals surface area contributed by atoms with Crippen molar-refractivity contribution in [2.45, 2.75) is 42.7 Å². The molecule has 0 radical (unpaired) electrons. The van der Waals surface area contributed by atoms with Gasteiger partial charge in [-0.2, -0.15) is 4.72 Å². The van der Waals surface area contributed by atoms with Crippen LogP contribution in [-0.2, 0) is 29.6 Å². The third-order valence-electron chi connectivity index (χ3n) is 6.43. The molecule has 1 aromatic heterocycles. The van der Waals surface area contributed by atoms with Crippen LogP contribution in [0, 0.1) is 0 Å². The molecule has 2 aliphatic rings. The Kier molecular flexibility index (Phi) is 9.27. The van der Waals surface area contributed by atoms with E-state index in [-0.39, 0.29) is 29.9 Å². The number of sulfonamides is 2. The second-order valence-electron chi connectivity index (χ2n) is 9.11. The van der Waals surface area contributed by atoms with Crippen LogP contribution in [0.25, 0.3) is 6.08 Å². The summed E-state index contributed by atoms with van der Waals surface area (Å²) in [7, 11) is -7.61. The minimum absolute atomic E-state index is 0.0706. The number of carbonyl (C=O) groups is 2. The van der Waals surface area contributed by atoms with E-state index in [1.54, 1.807) is 35.2 Å². The van der Waals surface area contributed by atoms with Gasteiger partial charge in [-0.15, -0.1) is 11.3 Å². The van der Waals surface area contributed by atoms with Gasteiger partial charge in [0.25, 0.3) is 0 Å². The summed E-state index contributed by atoms with van der Waals surface area (Å²) >= 11 is 7.10. The van der Waals surface area contributed by atoms with Crippen LogP contribution in [0.1, 0.15) is 30.6 Å². The topological polar surface area (TPSA) is 133 Å². The third kappa shape index (κ3) is 7.42. The van der Waals surface area contributed by atoms with Crippen LogP contribution in [0.4, 0.5) is 0 Å². The summed E-state index contributed by atoms with van der Waals surface area (Å²) in [6.45, 7) is 0.682. The lowest BCUT2D eigenvalue weighted by Crippen LogP contribution is -2.55. The summed E-state index contributed by atoms with van der Waals surface area (Å²) in [5.74, 6) is -0.751. The number of hydrogen-bond donors (Lipinski definition) is 2. The first-order valence-corrected chi connectivity index (χ1v) is 16.4. The van der Waals surface area contributed by atoms with Gasteiger partial charge < -0.3 is 9.80 Å². The maximum atomic E-state index is 13.1. The van der Waals surface area contributed by atoms with Crippen molar-refractivity contribution in [3.63, 3.8) is 0 Å². The lowest BCUT2D eigenvalue weighted by Gasteiger charge is -2.34. The summed E-state index contributed by atoms with van der Waals surface area (Å²) < 4.78 is 55.7.